The van der Waals surface area contributed by atoms with Gasteiger partial charge in [0, 0.05) is 24.2 Å². The van der Waals surface area contributed by atoms with Crippen molar-refractivity contribution >= 4 is 40.0 Å². The number of hydrogen-bond acceptors (Lipinski definition) is 5. The molecule has 180 valence electrons. The number of carboxylic acids is 1. The number of anilines is 1. The third-order valence-electron chi connectivity index (χ3n) is 6.05. The van der Waals surface area contributed by atoms with E-state index in [9.17, 15) is 14.7 Å². The monoisotopic (exact) mass is 473 g/mol. The molecule has 0 radical (unpaired) electrons. The van der Waals surface area contributed by atoms with Crippen LogP contribution in [0.2, 0.25) is 0 Å². The number of amidine groups is 2. The zero-order chi connectivity index (χ0) is 25.1. The Hall–Kier alpha value is -4.40. The Morgan fingerprint density at radius 2 is 1.80 bits per heavy atom. The van der Waals surface area contributed by atoms with Gasteiger partial charge in [0.25, 0.3) is 0 Å². The molecule has 3 aromatic carbocycles. The van der Waals surface area contributed by atoms with E-state index >= 15 is 0 Å². The predicted molar refractivity (Wildman–Crippen MR) is 134 cm³/mol. The van der Waals surface area contributed by atoms with Crippen molar-refractivity contribution in [3.63, 3.8) is 0 Å². The highest BCUT2D eigenvalue weighted by Gasteiger charge is 2.25. The molecule has 35 heavy (non-hydrogen) atoms. The molecule has 3 aromatic rings. The van der Waals surface area contributed by atoms with Gasteiger partial charge in [-0.3, -0.25) is 20.5 Å². The molecule has 4 rings (SSSR count). The molecule has 9 nitrogen and oxygen atoms in total. The van der Waals surface area contributed by atoms with Crippen LogP contribution in [0.25, 0.3) is 10.8 Å². The van der Waals surface area contributed by atoms with E-state index in [1.165, 1.54) is 4.90 Å². The number of carbonyl (C=O) groups is 2. The second-order valence-corrected chi connectivity index (χ2v) is 8.56. The molecule has 0 saturated carbocycles. The lowest BCUT2D eigenvalue weighted by molar-refractivity contribution is -0.148. The smallest absolute Gasteiger partial charge is 0.394 e. The number of benzene rings is 3. The number of carboxylic acid groups (broad SMARTS) is 1. The highest BCUT2D eigenvalue weighted by atomic mass is 16.5. The van der Waals surface area contributed by atoms with Gasteiger partial charge in [-0.1, -0.05) is 24.3 Å². The van der Waals surface area contributed by atoms with Crippen LogP contribution in [0.15, 0.2) is 60.7 Å². The molecule has 1 fully saturated rings. The quantitative estimate of drug-likeness (QED) is 0.246. The van der Waals surface area contributed by atoms with Gasteiger partial charge < -0.3 is 20.5 Å². The van der Waals surface area contributed by atoms with Crippen LogP contribution in [0.1, 0.15) is 24.5 Å². The fourth-order valence-electron chi connectivity index (χ4n) is 4.17. The van der Waals surface area contributed by atoms with E-state index in [1.54, 1.807) is 43.3 Å². The summed E-state index contributed by atoms with van der Waals surface area (Å²) >= 11 is 0. The Morgan fingerprint density at radius 3 is 2.43 bits per heavy atom. The van der Waals surface area contributed by atoms with Crippen LogP contribution in [0, 0.1) is 10.8 Å². The van der Waals surface area contributed by atoms with Crippen LogP contribution in [0.3, 0.4) is 0 Å². The number of likely N-dealkylation sites (tertiary alicyclic amines) is 1. The highest BCUT2D eigenvalue weighted by molar-refractivity contribution is 6.37. The van der Waals surface area contributed by atoms with Gasteiger partial charge in [0.15, 0.2) is 0 Å². The molecule has 1 atom stereocenters. The second kappa shape index (κ2) is 9.84. The molecule has 0 aliphatic carbocycles. The van der Waals surface area contributed by atoms with Crippen molar-refractivity contribution in [3.05, 3.63) is 71.8 Å². The van der Waals surface area contributed by atoms with Gasteiger partial charge in [-0.15, -0.1) is 0 Å². The fraction of sp³-hybridized carbons (Fsp3) is 0.231. The summed E-state index contributed by atoms with van der Waals surface area (Å²) in [4.78, 5) is 27.2. The van der Waals surface area contributed by atoms with Crippen molar-refractivity contribution < 1.29 is 19.4 Å². The summed E-state index contributed by atoms with van der Waals surface area (Å²) in [6.07, 6.45) is 0.782. The van der Waals surface area contributed by atoms with Gasteiger partial charge in [-0.05, 0) is 59.7 Å². The number of fused-ring (bicyclic) bond motifs is 1. The summed E-state index contributed by atoms with van der Waals surface area (Å²) in [6.45, 7) is 3.23. The van der Waals surface area contributed by atoms with Gasteiger partial charge in [0.05, 0.1) is 18.9 Å². The van der Waals surface area contributed by atoms with E-state index < -0.39 is 11.9 Å². The Morgan fingerprint density at radius 1 is 1.09 bits per heavy atom. The second-order valence-electron chi connectivity index (χ2n) is 8.56. The number of amides is 1. The molecular formula is C26H27N5O4. The van der Waals surface area contributed by atoms with Crippen LogP contribution in [0.4, 0.5) is 5.69 Å². The molecule has 0 bridgehead atoms. The van der Waals surface area contributed by atoms with Crippen LogP contribution >= 0.6 is 0 Å². The topological polar surface area (TPSA) is 144 Å². The number of aliphatic carboxylic acids is 1. The first-order valence-electron chi connectivity index (χ1n) is 11.2. The van der Waals surface area contributed by atoms with E-state index in [4.69, 9.17) is 21.3 Å². The summed E-state index contributed by atoms with van der Waals surface area (Å²) < 4.78 is 6.01. The standard InChI is InChI=1S/C26H27N5O4/c1-16(27)30-11-10-23(15-30)35-22-8-6-21(7-9-22)31(25(32)26(33)34)14-17-2-3-18-4-5-19(24(28)29)13-20(18)12-17/h2-9,12-13,23,27H,10-11,14-15H2,1H3,(H3,28,29)(H,33,34). The zero-order valence-corrected chi connectivity index (χ0v) is 19.3. The van der Waals surface area contributed by atoms with Crippen molar-refractivity contribution in [2.45, 2.75) is 26.0 Å². The summed E-state index contributed by atoms with van der Waals surface area (Å²) in [5, 5.41) is 26.6. The number of nitrogens with two attached hydrogens (primary N) is 1. The van der Waals surface area contributed by atoms with Gasteiger partial charge in [0.2, 0.25) is 0 Å². The third-order valence-corrected chi connectivity index (χ3v) is 6.05. The van der Waals surface area contributed by atoms with Crippen LogP contribution in [0.5, 0.6) is 5.75 Å². The minimum Gasteiger partial charge on any atom is -0.489 e. The summed E-state index contributed by atoms with van der Waals surface area (Å²) in [5.41, 5.74) is 7.36. The number of nitrogen functional groups attached to an aromatic ring is 1. The Bertz CT molecular complexity index is 1300. The van der Waals surface area contributed by atoms with Crippen molar-refractivity contribution in [1.82, 2.24) is 4.90 Å². The van der Waals surface area contributed by atoms with E-state index in [0.717, 1.165) is 29.3 Å². The maximum Gasteiger partial charge on any atom is 0.394 e. The fourth-order valence-corrected chi connectivity index (χ4v) is 4.17. The average Bonchev–Trinajstić information content (AvgIpc) is 3.31. The van der Waals surface area contributed by atoms with Crippen molar-refractivity contribution in [1.29, 1.82) is 10.8 Å². The number of carbonyl (C=O) groups excluding carboxylic acids is 1. The first kappa shape index (κ1) is 23.7. The molecule has 1 saturated heterocycles. The van der Waals surface area contributed by atoms with E-state index in [0.29, 0.717) is 29.4 Å². The van der Waals surface area contributed by atoms with Crippen molar-refractivity contribution in [3.8, 4) is 5.75 Å². The average molecular weight is 474 g/mol. The minimum absolute atomic E-state index is 0.0320. The first-order chi connectivity index (χ1) is 16.7. The summed E-state index contributed by atoms with van der Waals surface area (Å²) in [6, 6.07) is 17.8. The molecule has 1 aliphatic heterocycles. The molecule has 1 aliphatic rings. The normalized spacial score (nSPS) is 15.1. The maximum atomic E-state index is 12.5. The third kappa shape index (κ3) is 5.40. The van der Waals surface area contributed by atoms with Crippen molar-refractivity contribution in [2.24, 2.45) is 5.73 Å². The van der Waals surface area contributed by atoms with Gasteiger partial charge in [-0.25, -0.2) is 4.79 Å². The number of rotatable bonds is 6. The number of hydrogen-bond donors (Lipinski definition) is 4. The largest absolute Gasteiger partial charge is 0.489 e. The van der Waals surface area contributed by atoms with E-state index in [1.807, 2.05) is 29.2 Å². The van der Waals surface area contributed by atoms with Gasteiger partial charge >= 0.3 is 11.9 Å². The minimum atomic E-state index is -1.54. The number of nitrogens with one attached hydrogen (secondary N) is 2. The molecule has 0 spiro atoms. The molecule has 1 amide bonds. The summed E-state index contributed by atoms with van der Waals surface area (Å²) in [5.74, 6) is -1.49. The molecule has 1 heterocycles. The Balaban J connectivity index is 1.54. The number of nitrogens with zero attached hydrogens (tertiary/aromatic N) is 2. The van der Waals surface area contributed by atoms with Gasteiger partial charge in [-0.2, -0.15) is 0 Å². The van der Waals surface area contributed by atoms with Crippen molar-refractivity contribution in [2.75, 3.05) is 18.0 Å². The van der Waals surface area contributed by atoms with Gasteiger partial charge in [0.1, 0.15) is 17.7 Å². The maximum absolute atomic E-state index is 12.5. The van der Waals surface area contributed by atoms with E-state index in [2.05, 4.69) is 0 Å². The lowest BCUT2D eigenvalue weighted by atomic mass is 10.0. The molecule has 0 aromatic heterocycles. The summed E-state index contributed by atoms with van der Waals surface area (Å²) in [7, 11) is 0. The molecule has 9 heteroatoms. The Kier molecular flexibility index (Phi) is 6.68. The van der Waals surface area contributed by atoms with Crippen LogP contribution in [-0.2, 0) is 16.1 Å². The van der Waals surface area contributed by atoms with Crippen LogP contribution < -0.4 is 15.4 Å². The molecule has 1 unspecified atom stereocenters. The molecular weight excluding hydrogens is 446 g/mol. The lowest BCUT2D eigenvalue weighted by Gasteiger charge is -2.22. The number of ether oxygens (including phenoxy) is 1. The first-order valence-corrected chi connectivity index (χ1v) is 11.2. The zero-order valence-electron chi connectivity index (χ0n) is 19.3. The SMILES string of the molecule is CC(=N)N1CCC(Oc2ccc(N(Cc3ccc4ccc(C(=N)N)cc4c3)C(=O)C(=O)O)cc2)C1. The Labute approximate surface area is 202 Å². The predicted octanol–water partition coefficient (Wildman–Crippen LogP) is 3.19. The highest BCUT2D eigenvalue weighted by Crippen LogP contribution is 2.25. The van der Waals surface area contributed by atoms with E-state index in [-0.39, 0.29) is 18.5 Å². The molecule has 5 N–H and O–H groups in total. The lowest BCUT2D eigenvalue weighted by Crippen LogP contribution is -2.36. The van der Waals surface area contributed by atoms with Crippen LogP contribution in [-0.4, -0.2) is 52.7 Å².